The van der Waals surface area contributed by atoms with Crippen LogP contribution < -0.4 is 0 Å². The largest absolute Gasteiger partial charge is 0.434 e. The van der Waals surface area contributed by atoms with Gasteiger partial charge in [0.1, 0.15) is 0 Å². The minimum atomic E-state index is -2.11. The monoisotopic (exact) mass is 280 g/mol. The van der Waals surface area contributed by atoms with Crippen LogP contribution in [0.15, 0.2) is 12.3 Å². The minimum Gasteiger partial charge on any atom is -0.434 e. The molecule has 0 bridgehead atoms. The summed E-state index contributed by atoms with van der Waals surface area (Å²) in [7, 11) is -5.16. The molecule has 0 heterocycles. The quantitative estimate of drug-likeness (QED) is 0.676. The standard InChI is InChI=1S/C9H24O2Si3.2CH4/c1-9-14(8,10-12(2,3)4)11-13(5,6)7;;/h9H,1H2,2-8H3;2*1H4. The first-order valence-electron chi connectivity index (χ1n) is 5.01. The first-order valence-corrected chi connectivity index (χ1v) is 14.2. The Morgan fingerprint density at radius 1 is 0.750 bits per heavy atom. The molecule has 0 rings (SSSR count). The maximum absolute atomic E-state index is 6.12. The lowest BCUT2D eigenvalue weighted by Gasteiger charge is -2.36. The second kappa shape index (κ2) is 6.90. The van der Waals surface area contributed by atoms with Gasteiger partial charge in [-0.1, -0.05) is 20.6 Å². The Bertz CT molecular complexity index is 188. The van der Waals surface area contributed by atoms with E-state index in [1.807, 2.05) is 5.70 Å². The van der Waals surface area contributed by atoms with E-state index in [0.29, 0.717) is 0 Å². The fourth-order valence-corrected chi connectivity index (χ4v) is 12.3. The van der Waals surface area contributed by atoms with Crippen molar-refractivity contribution in [2.75, 3.05) is 0 Å². The van der Waals surface area contributed by atoms with Crippen LogP contribution in [0.4, 0.5) is 0 Å². The zero-order valence-corrected chi connectivity index (χ0v) is 13.6. The summed E-state index contributed by atoms with van der Waals surface area (Å²) in [6, 6.07) is 0. The Morgan fingerprint density at radius 3 is 1.12 bits per heavy atom. The normalized spacial score (nSPS) is 12.4. The lowest BCUT2D eigenvalue weighted by molar-refractivity contribution is 0.403. The zero-order valence-electron chi connectivity index (χ0n) is 10.6. The molecule has 5 heteroatoms. The van der Waals surface area contributed by atoms with Gasteiger partial charge < -0.3 is 8.23 Å². The Morgan fingerprint density at radius 2 is 1.00 bits per heavy atom. The first-order chi connectivity index (χ1) is 5.97. The molecule has 0 aliphatic rings. The molecule has 0 aromatic rings. The van der Waals surface area contributed by atoms with Gasteiger partial charge >= 0.3 is 8.56 Å². The van der Waals surface area contributed by atoms with Crippen LogP contribution in [-0.4, -0.2) is 25.2 Å². The van der Waals surface area contributed by atoms with E-state index in [1.165, 1.54) is 0 Å². The fourth-order valence-electron chi connectivity index (χ4n) is 1.32. The van der Waals surface area contributed by atoms with Crippen LogP contribution in [0.25, 0.3) is 0 Å². The third kappa shape index (κ3) is 10.8. The molecule has 100 valence electrons. The van der Waals surface area contributed by atoms with Gasteiger partial charge in [-0.25, -0.2) is 0 Å². The molecule has 0 aliphatic heterocycles. The second-order valence-corrected chi connectivity index (χ2v) is 18.2. The maximum Gasteiger partial charge on any atom is 0.340 e. The van der Waals surface area contributed by atoms with Gasteiger partial charge in [0.05, 0.1) is 0 Å². The Balaban J connectivity index is -0.000000845. The molecule has 0 saturated carbocycles. The summed E-state index contributed by atoms with van der Waals surface area (Å²) >= 11 is 0. The molecule has 0 saturated heterocycles. The highest BCUT2D eigenvalue weighted by Gasteiger charge is 2.37. The molecule has 0 spiro atoms. The highest BCUT2D eigenvalue weighted by molar-refractivity contribution is 6.89. The zero-order chi connectivity index (χ0) is 11.6. The highest BCUT2D eigenvalue weighted by Crippen LogP contribution is 2.20. The van der Waals surface area contributed by atoms with E-state index in [4.69, 9.17) is 8.23 Å². The Labute approximate surface area is 107 Å². The predicted molar refractivity (Wildman–Crippen MR) is 84.1 cm³/mol. The van der Waals surface area contributed by atoms with Gasteiger partial charge in [-0.2, -0.15) is 0 Å². The smallest absolute Gasteiger partial charge is 0.340 e. The number of rotatable bonds is 5. The molecule has 0 aromatic carbocycles. The van der Waals surface area contributed by atoms with Crippen LogP contribution in [0.3, 0.4) is 0 Å². The molecular formula is C11H32O2Si3. The Kier molecular flexibility index (Phi) is 9.31. The summed E-state index contributed by atoms with van der Waals surface area (Å²) < 4.78 is 12.2. The number of hydrogen-bond acceptors (Lipinski definition) is 2. The van der Waals surface area contributed by atoms with E-state index in [1.54, 1.807) is 0 Å². The van der Waals surface area contributed by atoms with Crippen LogP contribution in [0.5, 0.6) is 0 Å². The van der Waals surface area contributed by atoms with E-state index in [0.717, 1.165) is 0 Å². The van der Waals surface area contributed by atoms with Crippen molar-refractivity contribution in [2.45, 2.75) is 60.7 Å². The van der Waals surface area contributed by atoms with Gasteiger partial charge in [0.25, 0.3) is 0 Å². The summed E-state index contributed by atoms with van der Waals surface area (Å²) in [5, 5.41) is 0. The number of hydrogen-bond donors (Lipinski definition) is 0. The molecule has 0 aromatic heterocycles. The summed E-state index contributed by atoms with van der Waals surface area (Å²) in [5.41, 5.74) is 1.91. The molecule has 0 atom stereocenters. The molecule has 16 heavy (non-hydrogen) atoms. The third-order valence-electron chi connectivity index (χ3n) is 1.39. The van der Waals surface area contributed by atoms with Crippen LogP contribution in [0.2, 0.25) is 45.8 Å². The second-order valence-electron chi connectivity index (χ2n) is 5.65. The van der Waals surface area contributed by atoms with E-state index in [9.17, 15) is 0 Å². The van der Waals surface area contributed by atoms with Crippen molar-refractivity contribution in [3.05, 3.63) is 12.3 Å². The Hall–Kier alpha value is 0.311. The molecule has 0 aliphatic carbocycles. The van der Waals surface area contributed by atoms with Crippen molar-refractivity contribution in [1.82, 2.24) is 0 Å². The van der Waals surface area contributed by atoms with Gasteiger partial charge in [0.2, 0.25) is 0 Å². The summed E-state index contributed by atoms with van der Waals surface area (Å²) in [6.07, 6.45) is 0. The van der Waals surface area contributed by atoms with E-state index in [2.05, 4.69) is 52.4 Å². The van der Waals surface area contributed by atoms with Crippen molar-refractivity contribution < 1.29 is 8.23 Å². The highest BCUT2D eigenvalue weighted by atomic mass is 28.5. The summed E-state index contributed by atoms with van der Waals surface area (Å²) in [4.78, 5) is 0. The topological polar surface area (TPSA) is 18.5 Å². The third-order valence-corrected chi connectivity index (χ3v) is 10.3. The fraction of sp³-hybridized carbons (Fsp3) is 0.818. The van der Waals surface area contributed by atoms with Crippen molar-refractivity contribution in [3.63, 3.8) is 0 Å². The van der Waals surface area contributed by atoms with Gasteiger partial charge in [0.15, 0.2) is 16.6 Å². The van der Waals surface area contributed by atoms with Gasteiger partial charge in [0, 0.05) is 0 Å². The molecule has 2 nitrogen and oxygen atoms in total. The molecule has 0 N–H and O–H groups in total. The van der Waals surface area contributed by atoms with Crippen molar-refractivity contribution in [3.8, 4) is 0 Å². The molecular weight excluding hydrogens is 248 g/mol. The molecule has 0 unspecified atom stereocenters. The van der Waals surface area contributed by atoms with E-state index >= 15 is 0 Å². The lowest BCUT2D eigenvalue weighted by Crippen LogP contribution is -2.51. The summed E-state index contributed by atoms with van der Waals surface area (Å²) in [6.45, 7) is 19.1. The van der Waals surface area contributed by atoms with Gasteiger partial charge in [-0.3, -0.25) is 0 Å². The lowest BCUT2D eigenvalue weighted by atomic mass is 11.3. The first kappa shape index (κ1) is 21.6. The van der Waals surface area contributed by atoms with Gasteiger partial charge in [-0.05, 0) is 45.8 Å². The van der Waals surface area contributed by atoms with E-state index in [-0.39, 0.29) is 14.9 Å². The molecule has 0 fully saturated rings. The predicted octanol–water partition coefficient (Wildman–Crippen LogP) is 4.76. The van der Waals surface area contributed by atoms with Crippen LogP contribution in [0, 0.1) is 0 Å². The molecule has 0 amide bonds. The average molecular weight is 281 g/mol. The van der Waals surface area contributed by atoms with Crippen LogP contribution >= 0.6 is 0 Å². The van der Waals surface area contributed by atoms with E-state index < -0.39 is 25.2 Å². The van der Waals surface area contributed by atoms with Crippen molar-refractivity contribution >= 4 is 25.2 Å². The van der Waals surface area contributed by atoms with Crippen molar-refractivity contribution in [2.24, 2.45) is 0 Å². The maximum atomic E-state index is 6.12. The van der Waals surface area contributed by atoms with Crippen molar-refractivity contribution in [1.29, 1.82) is 0 Å². The molecule has 0 radical (unpaired) electrons. The van der Waals surface area contributed by atoms with Crippen LogP contribution in [-0.2, 0) is 8.23 Å². The average Bonchev–Trinajstić information content (AvgIpc) is 1.78. The van der Waals surface area contributed by atoms with Crippen LogP contribution in [0.1, 0.15) is 14.9 Å². The minimum absolute atomic E-state index is 0. The summed E-state index contributed by atoms with van der Waals surface area (Å²) in [5.74, 6) is 0. The SMILES string of the molecule is C.C.C=C[Si](C)(O[Si](C)(C)C)O[Si](C)(C)C. The van der Waals surface area contributed by atoms with Gasteiger partial charge in [-0.15, -0.1) is 6.58 Å².